The van der Waals surface area contributed by atoms with Gasteiger partial charge in [-0.25, -0.2) is 0 Å². The number of rotatable bonds is 6. The highest BCUT2D eigenvalue weighted by Crippen LogP contribution is 2.37. The maximum absolute atomic E-state index is 12.8. The van der Waals surface area contributed by atoms with Gasteiger partial charge in [0.2, 0.25) is 17.7 Å². The van der Waals surface area contributed by atoms with Gasteiger partial charge in [-0.3, -0.25) is 19.3 Å². The van der Waals surface area contributed by atoms with Gasteiger partial charge in [-0.05, 0) is 37.3 Å². The average molecular weight is 344 g/mol. The third-order valence-corrected chi connectivity index (χ3v) is 4.87. The summed E-state index contributed by atoms with van der Waals surface area (Å²) in [6.45, 7) is 4.20. The number of amides is 3. The molecular formula is C19H24N2O4. The number of carbonyl (C=O) groups excluding carboxylic acids is 3. The first-order valence-electron chi connectivity index (χ1n) is 8.81. The van der Waals surface area contributed by atoms with E-state index < -0.39 is 6.04 Å². The summed E-state index contributed by atoms with van der Waals surface area (Å²) in [6.07, 6.45) is 7.05. The Morgan fingerprint density at radius 3 is 2.40 bits per heavy atom. The number of nitrogens with zero attached hydrogens (tertiary/aromatic N) is 1. The summed E-state index contributed by atoms with van der Waals surface area (Å²) < 4.78 is 5.22. The summed E-state index contributed by atoms with van der Waals surface area (Å²) in [4.78, 5) is 39.5. The second kappa shape index (κ2) is 7.25. The Balaban J connectivity index is 1.76. The van der Waals surface area contributed by atoms with Crippen molar-refractivity contribution in [3.05, 3.63) is 36.3 Å². The fraction of sp³-hybridized carbons (Fsp3) is 0.526. The van der Waals surface area contributed by atoms with E-state index in [0.717, 1.165) is 0 Å². The van der Waals surface area contributed by atoms with Crippen LogP contribution in [-0.4, -0.2) is 28.7 Å². The van der Waals surface area contributed by atoms with Gasteiger partial charge in [0.15, 0.2) is 0 Å². The minimum Gasteiger partial charge on any atom is -0.467 e. The zero-order chi connectivity index (χ0) is 18.0. The Morgan fingerprint density at radius 1 is 1.24 bits per heavy atom. The number of fused-ring (bicyclic) bond motifs is 1. The van der Waals surface area contributed by atoms with Gasteiger partial charge >= 0.3 is 0 Å². The van der Waals surface area contributed by atoms with Crippen molar-refractivity contribution in [2.75, 3.05) is 0 Å². The molecule has 0 aromatic carbocycles. The molecule has 1 saturated heterocycles. The largest absolute Gasteiger partial charge is 0.467 e. The second-order valence-corrected chi connectivity index (χ2v) is 7.14. The number of likely N-dealkylation sites (tertiary alicyclic amines) is 1. The number of carbonyl (C=O) groups is 3. The zero-order valence-electron chi connectivity index (χ0n) is 14.6. The van der Waals surface area contributed by atoms with Gasteiger partial charge in [0.05, 0.1) is 24.6 Å². The average Bonchev–Trinajstić information content (AvgIpc) is 3.19. The van der Waals surface area contributed by atoms with Crippen LogP contribution in [-0.2, 0) is 20.9 Å². The number of nitrogens with one attached hydrogen (secondary N) is 1. The number of furan rings is 1. The van der Waals surface area contributed by atoms with E-state index in [1.165, 1.54) is 11.2 Å². The number of hydrogen-bond acceptors (Lipinski definition) is 4. The highest BCUT2D eigenvalue weighted by Gasteiger charge is 2.51. The second-order valence-electron chi connectivity index (χ2n) is 7.14. The standard InChI is InChI=1S/C19H24N2O4/c1-12(2)10-16(17(22)20-11-13-6-5-9-25-13)21-18(23)14-7-3-4-8-15(14)19(21)24/h3-6,9,12,14-16H,7-8,10-11H2,1-2H3,(H,20,22). The third kappa shape index (κ3) is 3.52. The van der Waals surface area contributed by atoms with Gasteiger partial charge < -0.3 is 9.73 Å². The van der Waals surface area contributed by atoms with Crippen molar-refractivity contribution in [1.29, 1.82) is 0 Å². The molecule has 3 amide bonds. The van der Waals surface area contributed by atoms with Crippen LogP contribution in [0.1, 0.15) is 38.9 Å². The smallest absolute Gasteiger partial charge is 0.243 e. The normalized spacial score (nSPS) is 23.9. The van der Waals surface area contributed by atoms with Crippen LogP contribution in [0.25, 0.3) is 0 Å². The molecule has 1 aliphatic carbocycles. The lowest BCUT2D eigenvalue weighted by Crippen LogP contribution is -2.50. The first-order chi connectivity index (χ1) is 12.0. The molecule has 1 aromatic rings. The maximum atomic E-state index is 12.8. The van der Waals surface area contributed by atoms with Crippen molar-refractivity contribution in [2.24, 2.45) is 17.8 Å². The highest BCUT2D eigenvalue weighted by molar-refractivity contribution is 6.08. The van der Waals surface area contributed by atoms with Crippen molar-refractivity contribution in [1.82, 2.24) is 10.2 Å². The summed E-state index contributed by atoms with van der Waals surface area (Å²) >= 11 is 0. The molecule has 3 atom stereocenters. The number of allylic oxidation sites excluding steroid dienone is 2. The quantitative estimate of drug-likeness (QED) is 0.634. The minimum absolute atomic E-state index is 0.181. The fourth-order valence-corrected chi connectivity index (χ4v) is 3.61. The topological polar surface area (TPSA) is 79.6 Å². The van der Waals surface area contributed by atoms with Gasteiger partial charge in [-0.15, -0.1) is 0 Å². The van der Waals surface area contributed by atoms with E-state index in [2.05, 4.69) is 5.32 Å². The van der Waals surface area contributed by atoms with E-state index in [4.69, 9.17) is 4.42 Å². The van der Waals surface area contributed by atoms with Gasteiger partial charge in [0.25, 0.3) is 0 Å². The third-order valence-electron chi connectivity index (χ3n) is 4.87. The first kappa shape index (κ1) is 17.5. The lowest BCUT2D eigenvalue weighted by atomic mass is 9.85. The van der Waals surface area contributed by atoms with Gasteiger partial charge in [0.1, 0.15) is 11.8 Å². The van der Waals surface area contributed by atoms with Crippen molar-refractivity contribution in [3.8, 4) is 0 Å². The van der Waals surface area contributed by atoms with Crippen molar-refractivity contribution in [3.63, 3.8) is 0 Å². The molecule has 0 spiro atoms. The summed E-state index contributed by atoms with van der Waals surface area (Å²) in [5, 5.41) is 2.80. The van der Waals surface area contributed by atoms with E-state index >= 15 is 0 Å². The maximum Gasteiger partial charge on any atom is 0.243 e. The van der Waals surface area contributed by atoms with Crippen LogP contribution in [0.15, 0.2) is 35.0 Å². The summed E-state index contributed by atoms with van der Waals surface area (Å²) in [6, 6.07) is 2.75. The van der Waals surface area contributed by atoms with Crippen LogP contribution in [0.3, 0.4) is 0 Å². The SMILES string of the molecule is CC(C)CC(C(=O)NCc1ccco1)N1C(=O)C2CC=CCC2C1=O. The molecule has 1 fully saturated rings. The predicted octanol–water partition coefficient (Wildman–Crippen LogP) is 2.26. The van der Waals surface area contributed by atoms with E-state index in [-0.39, 0.29) is 42.0 Å². The molecule has 1 aliphatic heterocycles. The Bertz CT molecular complexity index is 652. The molecular weight excluding hydrogens is 320 g/mol. The van der Waals surface area contributed by atoms with Crippen molar-refractivity contribution < 1.29 is 18.8 Å². The molecule has 6 nitrogen and oxygen atoms in total. The van der Waals surface area contributed by atoms with Crippen LogP contribution in [0.4, 0.5) is 0 Å². The van der Waals surface area contributed by atoms with Crippen LogP contribution in [0.5, 0.6) is 0 Å². The Hall–Kier alpha value is -2.37. The van der Waals surface area contributed by atoms with E-state index in [0.29, 0.717) is 25.0 Å². The number of hydrogen-bond donors (Lipinski definition) is 1. The van der Waals surface area contributed by atoms with Gasteiger partial charge in [-0.2, -0.15) is 0 Å². The molecule has 6 heteroatoms. The van der Waals surface area contributed by atoms with Crippen LogP contribution < -0.4 is 5.32 Å². The molecule has 134 valence electrons. The van der Waals surface area contributed by atoms with Crippen molar-refractivity contribution in [2.45, 2.75) is 45.7 Å². The molecule has 1 aromatic heterocycles. The molecule has 0 bridgehead atoms. The monoisotopic (exact) mass is 344 g/mol. The molecule has 2 aliphatic rings. The molecule has 0 radical (unpaired) electrons. The number of imide groups is 1. The van der Waals surface area contributed by atoms with Crippen LogP contribution >= 0.6 is 0 Å². The molecule has 2 heterocycles. The Morgan fingerprint density at radius 2 is 1.88 bits per heavy atom. The molecule has 3 rings (SSSR count). The molecule has 3 unspecified atom stereocenters. The van der Waals surface area contributed by atoms with Crippen molar-refractivity contribution >= 4 is 17.7 Å². The lowest BCUT2D eigenvalue weighted by Gasteiger charge is -2.27. The fourth-order valence-electron chi connectivity index (χ4n) is 3.61. The summed E-state index contributed by atoms with van der Waals surface area (Å²) in [7, 11) is 0. The highest BCUT2D eigenvalue weighted by atomic mass is 16.3. The van der Waals surface area contributed by atoms with Crippen LogP contribution in [0, 0.1) is 17.8 Å². The molecule has 0 saturated carbocycles. The Kier molecular flexibility index (Phi) is 5.06. The zero-order valence-corrected chi connectivity index (χ0v) is 14.6. The van der Waals surface area contributed by atoms with E-state index in [1.54, 1.807) is 12.1 Å². The van der Waals surface area contributed by atoms with Gasteiger partial charge in [-0.1, -0.05) is 26.0 Å². The van der Waals surface area contributed by atoms with Crippen LogP contribution in [0.2, 0.25) is 0 Å². The lowest BCUT2D eigenvalue weighted by molar-refractivity contribution is -0.148. The first-order valence-corrected chi connectivity index (χ1v) is 8.81. The summed E-state index contributed by atoms with van der Waals surface area (Å²) in [5.41, 5.74) is 0. The van der Waals surface area contributed by atoms with E-state index in [1.807, 2.05) is 26.0 Å². The molecule has 1 N–H and O–H groups in total. The van der Waals surface area contributed by atoms with Gasteiger partial charge in [0, 0.05) is 0 Å². The predicted molar refractivity (Wildman–Crippen MR) is 91.0 cm³/mol. The summed E-state index contributed by atoms with van der Waals surface area (Å²) in [5.74, 6) is -0.543. The Labute approximate surface area is 147 Å². The molecule has 25 heavy (non-hydrogen) atoms. The van der Waals surface area contributed by atoms with E-state index in [9.17, 15) is 14.4 Å². The minimum atomic E-state index is -0.763.